The Morgan fingerprint density at radius 2 is 2.00 bits per heavy atom. The van der Waals surface area contributed by atoms with Gasteiger partial charge in [0, 0.05) is 0 Å². The number of carbonyl (C=O) groups is 1. The number of rotatable bonds is 4. The van der Waals surface area contributed by atoms with Crippen molar-refractivity contribution in [2.45, 2.75) is 24.8 Å². The van der Waals surface area contributed by atoms with Gasteiger partial charge in [0.05, 0.1) is 18.2 Å². The van der Waals surface area contributed by atoms with E-state index in [0.29, 0.717) is 5.76 Å². The molecule has 1 amide bonds. The van der Waals surface area contributed by atoms with Crippen molar-refractivity contribution in [1.82, 2.24) is 5.32 Å². The second-order valence-corrected chi connectivity index (χ2v) is 4.89. The van der Waals surface area contributed by atoms with Gasteiger partial charge in [0.15, 0.2) is 0 Å². The lowest BCUT2D eigenvalue weighted by molar-refractivity contribution is -0.121. The van der Waals surface area contributed by atoms with Gasteiger partial charge in [-0.15, -0.1) is 0 Å². The van der Waals surface area contributed by atoms with Crippen molar-refractivity contribution in [3.8, 4) is 0 Å². The zero-order chi connectivity index (χ0) is 13.3. The normalized spacial score (nSPS) is 16.1. The molecule has 1 aromatic heterocycles. The van der Waals surface area contributed by atoms with Crippen LogP contribution in [0.25, 0.3) is 0 Å². The lowest BCUT2D eigenvalue weighted by Gasteiger charge is -2.17. The molecule has 0 bridgehead atoms. The fourth-order valence-corrected chi connectivity index (χ4v) is 2.26. The van der Waals surface area contributed by atoms with E-state index in [-0.39, 0.29) is 23.7 Å². The van der Waals surface area contributed by atoms with Crippen LogP contribution in [0, 0.1) is 5.82 Å². The molecule has 1 fully saturated rings. The Balaban J connectivity index is 1.68. The molecule has 0 aliphatic heterocycles. The van der Waals surface area contributed by atoms with Gasteiger partial charge in [-0.25, -0.2) is 4.39 Å². The van der Waals surface area contributed by atoms with Crippen molar-refractivity contribution < 1.29 is 13.6 Å². The van der Waals surface area contributed by atoms with Gasteiger partial charge in [-0.05, 0) is 42.7 Å². The van der Waals surface area contributed by atoms with Gasteiger partial charge < -0.3 is 9.73 Å². The van der Waals surface area contributed by atoms with E-state index in [1.54, 1.807) is 30.5 Å². The molecule has 0 saturated heterocycles. The summed E-state index contributed by atoms with van der Waals surface area (Å²) in [5, 5.41) is 3.02. The van der Waals surface area contributed by atoms with Crippen molar-refractivity contribution >= 4 is 5.91 Å². The lowest BCUT2D eigenvalue weighted by atomic mass is 10.0. The maximum absolute atomic E-state index is 12.9. The van der Waals surface area contributed by atoms with Gasteiger partial charge >= 0.3 is 0 Å². The summed E-state index contributed by atoms with van der Waals surface area (Å²) in [4.78, 5) is 12.0. The Kier molecular flexibility index (Phi) is 2.85. The number of benzene rings is 1. The predicted octanol–water partition coefficient (Wildman–Crippen LogP) is 2.77. The molecule has 1 heterocycles. The molecule has 2 aromatic rings. The van der Waals surface area contributed by atoms with Gasteiger partial charge in [-0.3, -0.25) is 4.79 Å². The average Bonchev–Trinajstić information content (AvgIpc) is 2.98. The first-order valence-corrected chi connectivity index (χ1v) is 6.27. The van der Waals surface area contributed by atoms with Crippen LogP contribution in [0.2, 0.25) is 0 Å². The van der Waals surface area contributed by atoms with Crippen LogP contribution < -0.4 is 5.32 Å². The molecule has 19 heavy (non-hydrogen) atoms. The van der Waals surface area contributed by atoms with E-state index < -0.39 is 0 Å². The van der Waals surface area contributed by atoms with Crippen molar-refractivity contribution in [3.05, 3.63) is 59.8 Å². The molecule has 4 heteroatoms. The van der Waals surface area contributed by atoms with E-state index in [0.717, 1.165) is 18.4 Å². The highest BCUT2D eigenvalue weighted by Gasteiger charge is 2.45. The molecular formula is C15H14FNO2. The SMILES string of the molecule is O=C(Cc1ccco1)NC1(c2ccc(F)cc2)CC1. The van der Waals surface area contributed by atoms with Crippen LogP contribution in [0.5, 0.6) is 0 Å². The Morgan fingerprint density at radius 1 is 1.26 bits per heavy atom. The summed E-state index contributed by atoms with van der Waals surface area (Å²) in [6, 6.07) is 9.85. The summed E-state index contributed by atoms with van der Waals surface area (Å²) >= 11 is 0. The molecular weight excluding hydrogens is 245 g/mol. The number of nitrogens with one attached hydrogen (secondary N) is 1. The van der Waals surface area contributed by atoms with Crippen molar-refractivity contribution in [2.75, 3.05) is 0 Å². The number of furan rings is 1. The lowest BCUT2D eigenvalue weighted by Crippen LogP contribution is -2.35. The molecule has 3 nitrogen and oxygen atoms in total. The Morgan fingerprint density at radius 3 is 2.58 bits per heavy atom. The smallest absolute Gasteiger partial charge is 0.228 e. The second kappa shape index (κ2) is 4.53. The summed E-state index contributed by atoms with van der Waals surface area (Å²) < 4.78 is 18.1. The number of halogens is 1. The Hall–Kier alpha value is -2.10. The zero-order valence-corrected chi connectivity index (χ0v) is 10.4. The van der Waals surface area contributed by atoms with Crippen LogP contribution in [-0.2, 0) is 16.8 Å². The molecule has 1 saturated carbocycles. The summed E-state index contributed by atoms with van der Waals surface area (Å²) in [7, 11) is 0. The minimum absolute atomic E-state index is 0.0724. The Labute approximate surface area is 110 Å². The monoisotopic (exact) mass is 259 g/mol. The summed E-state index contributed by atoms with van der Waals surface area (Å²) in [5.74, 6) is 0.311. The largest absolute Gasteiger partial charge is 0.469 e. The first-order valence-electron chi connectivity index (χ1n) is 6.27. The fraction of sp³-hybridized carbons (Fsp3) is 0.267. The zero-order valence-electron chi connectivity index (χ0n) is 10.4. The van der Waals surface area contributed by atoms with Gasteiger partial charge in [0.25, 0.3) is 0 Å². The molecule has 0 atom stereocenters. The number of hydrogen-bond acceptors (Lipinski definition) is 2. The van der Waals surface area contributed by atoms with E-state index >= 15 is 0 Å². The topological polar surface area (TPSA) is 42.2 Å². The highest BCUT2D eigenvalue weighted by atomic mass is 19.1. The molecule has 0 unspecified atom stereocenters. The predicted molar refractivity (Wildman–Crippen MR) is 67.9 cm³/mol. The highest BCUT2D eigenvalue weighted by molar-refractivity contribution is 5.79. The van der Waals surface area contributed by atoms with Gasteiger partial charge in [0.2, 0.25) is 5.91 Å². The second-order valence-electron chi connectivity index (χ2n) is 4.89. The summed E-state index contributed by atoms with van der Waals surface area (Å²) in [6.07, 6.45) is 3.57. The van der Waals surface area contributed by atoms with Crippen LogP contribution in [-0.4, -0.2) is 5.91 Å². The molecule has 98 valence electrons. The van der Waals surface area contributed by atoms with Crippen LogP contribution in [0.15, 0.2) is 47.1 Å². The van der Waals surface area contributed by atoms with Gasteiger partial charge in [0.1, 0.15) is 11.6 Å². The van der Waals surface area contributed by atoms with E-state index in [1.165, 1.54) is 12.1 Å². The quantitative estimate of drug-likeness (QED) is 0.917. The molecule has 1 N–H and O–H groups in total. The van der Waals surface area contributed by atoms with E-state index in [2.05, 4.69) is 5.32 Å². The number of carbonyl (C=O) groups excluding carboxylic acids is 1. The summed E-state index contributed by atoms with van der Waals surface area (Å²) in [6.45, 7) is 0. The molecule has 3 rings (SSSR count). The van der Waals surface area contributed by atoms with Crippen LogP contribution in [0.3, 0.4) is 0 Å². The van der Waals surface area contributed by atoms with Crippen molar-refractivity contribution in [2.24, 2.45) is 0 Å². The molecule has 0 radical (unpaired) electrons. The third kappa shape index (κ3) is 2.52. The maximum Gasteiger partial charge on any atom is 0.228 e. The minimum Gasteiger partial charge on any atom is -0.469 e. The van der Waals surface area contributed by atoms with Crippen molar-refractivity contribution in [3.63, 3.8) is 0 Å². The fourth-order valence-electron chi connectivity index (χ4n) is 2.26. The first kappa shape index (κ1) is 12.0. The van der Waals surface area contributed by atoms with Crippen LogP contribution in [0.1, 0.15) is 24.2 Å². The number of hydrogen-bond donors (Lipinski definition) is 1. The average molecular weight is 259 g/mol. The Bertz CT molecular complexity index is 571. The van der Waals surface area contributed by atoms with Gasteiger partial charge in [-0.2, -0.15) is 0 Å². The molecule has 0 spiro atoms. The van der Waals surface area contributed by atoms with Crippen LogP contribution in [0.4, 0.5) is 4.39 Å². The standard InChI is InChI=1S/C15H14FNO2/c16-12-5-3-11(4-6-12)15(7-8-15)17-14(18)10-13-2-1-9-19-13/h1-6,9H,7-8,10H2,(H,17,18). The van der Waals surface area contributed by atoms with E-state index in [1.807, 2.05) is 0 Å². The minimum atomic E-state index is -0.308. The third-order valence-corrected chi connectivity index (χ3v) is 3.44. The molecule has 1 aromatic carbocycles. The van der Waals surface area contributed by atoms with Crippen molar-refractivity contribution in [1.29, 1.82) is 0 Å². The summed E-state index contributed by atoms with van der Waals surface area (Å²) in [5.41, 5.74) is 0.652. The molecule has 1 aliphatic rings. The molecule has 1 aliphatic carbocycles. The maximum atomic E-state index is 12.9. The van der Waals surface area contributed by atoms with Crippen LogP contribution >= 0.6 is 0 Å². The van der Waals surface area contributed by atoms with E-state index in [4.69, 9.17) is 4.42 Å². The highest BCUT2D eigenvalue weighted by Crippen LogP contribution is 2.45. The number of amides is 1. The van der Waals surface area contributed by atoms with E-state index in [9.17, 15) is 9.18 Å². The van der Waals surface area contributed by atoms with Gasteiger partial charge in [-0.1, -0.05) is 12.1 Å². The first-order chi connectivity index (χ1) is 9.18. The third-order valence-electron chi connectivity index (χ3n) is 3.44.